The van der Waals surface area contributed by atoms with E-state index < -0.39 is 12.1 Å². The number of amides is 3. The molecule has 0 aliphatic heterocycles. The van der Waals surface area contributed by atoms with Crippen LogP contribution < -0.4 is 20.7 Å². The third-order valence-corrected chi connectivity index (χ3v) is 3.72. The van der Waals surface area contributed by atoms with Crippen LogP contribution in [0.4, 0.5) is 4.79 Å². The van der Waals surface area contributed by atoms with Crippen molar-refractivity contribution in [2.24, 2.45) is 0 Å². The third-order valence-electron chi connectivity index (χ3n) is 3.72. The Morgan fingerprint density at radius 3 is 2.58 bits per heavy atom. The van der Waals surface area contributed by atoms with Crippen molar-refractivity contribution in [3.05, 3.63) is 54.0 Å². The Kier molecular flexibility index (Phi) is 7.08. The van der Waals surface area contributed by atoms with Gasteiger partial charge in [-0.05, 0) is 44.5 Å². The van der Waals surface area contributed by atoms with Crippen molar-refractivity contribution in [3.8, 4) is 5.75 Å². The van der Waals surface area contributed by atoms with Crippen molar-refractivity contribution in [3.63, 3.8) is 0 Å². The molecule has 0 unspecified atom stereocenters. The second-order valence-electron chi connectivity index (χ2n) is 6.11. The van der Waals surface area contributed by atoms with Crippen molar-refractivity contribution in [1.29, 1.82) is 0 Å². The minimum Gasteiger partial charge on any atom is -0.491 e. The van der Waals surface area contributed by atoms with Gasteiger partial charge in [0.25, 0.3) is 0 Å². The zero-order chi connectivity index (χ0) is 18.9. The first kappa shape index (κ1) is 19.4. The van der Waals surface area contributed by atoms with E-state index in [0.29, 0.717) is 12.4 Å². The quantitative estimate of drug-likeness (QED) is 0.675. The molecule has 26 heavy (non-hydrogen) atoms. The van der Waals surface area contributed by atoms with Gasteiger partial charge in [0.05, 0.1) is 18.8 Å². The lowest BCUT2D eigenvalue weighted by molar-refractivity contribution is -0.122. The van der Waals surface area contributed by atoms with Gasteiger partial charge in [-0.1, -0.05) is 18.2 Å². The standard InChI is InChI=1S/C19H25N3O4/c1-13-7-4-5-9-17(13)26-12-14(2)21-19(24)22-15(3)18(23)20-11-16-8-6-10-25-16/h4-10,14-15H,11-12H2,1-3H3,(H,20,23)(H2,21,22,24)/t14-,15-/m1/s1. The molecule has 2 aromatic rings. The van der Waals surface area contributed by atoms with Gasteiger partial charge in [-0.15, -0.1) is 0 Å². The highest BCUT2D eigenvalue weighted by atomic mass is 16.5. The van der Waals surface area contributed by atoms with Gasteiger partial charge in [0.2, 0.25) is 5.91 Å². The van der Waals surface area contributed by atoms with E-state index in [9.17, 15) is 9.59 Å². The number of furan rings is 1. The molecule has 1 aromatic heterocycles. The van der Waals surface area contributed by atoms with Crippen molar-refractivity contribution < 1.29 is 18.7 Å². The maximum atomic E-state index is 12.0. The van der Waals surface area contributed by atoms with Gasteiger partial charge in [-0.3, -0.25) is 4.79 Å². The molecule has 0 saturated heterocycles. The van der Waals surface area contributed by atoms with Crippen molar-refractivity contribution >= 4 is 11.9 Å². The summed E-state index contributed by atoms with van der Waals surface area (Å²) in [5.74, 6) is 1.14. The fourth-order valence-electron chi connectivity index (χ4n) is 2.24. The number of aryl methyl sites for hydroxylation is 1. The van der Waals surface area contributed by atoms with Gasteiger partial charge >= 0.3 is 6.03 Å². The molecule has 7 nitrogen and oxygen atoms in total. The zero-order valence-electron chi connectivity index (χ0n) is 15.2. The minimum atomic E-state index is -0.672. The molecule has 1 heterocycles. The van der Waals surface area contributed by atoms with E-state index in [0.717, 1.165) is 11.3 Å². The van der Waals surface area contributed by atoms with Gasteiger partial charge in [0, 0.05) is 0 Å². The molecule has 2 atom stereocenters. The van der Waals surface area contributed by atoms with Crippen LogP contribution in [-0.4, -0.2) is 30.6 Å². The van der Waals surface area contributed by atoms with E-state index in [1.807, 2.05) is 38.1 Å². The minimum absolute atomic E-state index is 0.215. The lowest BCUT2D eigenvalue weighted by Gasteiger charge is -2.18. The van der Waals surface area contributed by atoms with Crippen LogP contribution >= 0.6 is 0 Å². The van der Waals surface area contributed by atoms with E-state index in [-0.39, 0.29) is 18.5 Å². The molecule has 0 aliphatic rings. The Morgan fingerprint density at radius 2 is 1.88 bits per heavy atom. The summed E-state index contributed by atoms with van der Waals surface area (Å²) in [5.41, 5.74) is 1.03. The van der Waals surface area contributed by atoms with E-state index in [2.05, 4.69) is 16.0 Å². The van der Waals surface area contributed by atoms with Crippen LogP contribution in [0.1, 0.15) is 25.2 Å². The first-order valence-electron chi connectivity index (χ1n) is 8.51. The number of para-hydroxylation sites is 1. The van der Waals surface area contributed by atoms with Crippen molar-refractivity contribution in [2.75, 3.05) is 6.61 Å². The Bertz CT molecular complexity index is 715. The Balaban J connectivity index is 1.69. The summed E-state index contributed by atoms with van der Waals surface area (Å²) in [4.78, 5) is 24.0. The number of hydrogen-bond donors (Lipinski definition) is 3. The molecule has 0 fully saturated rings. The van der Waals surface area contributed by atoms with Gasteiger partial charge < -0.3 is 25.1 Å². The second-order valence-corrected chi connectivity index (χ2v) is 6.11. The summed E-state index contributed by atoms with van der Waals surface area (Å²) < 4.78 is 10.8. The highest BCUT2D eigenvalue weighted by molar-refractivity contribution is 5.86. The monoisotopic (exact) mass is 359 g/mol. The third kappa shape index (κ3) is 6.16. The van der Waals surface area contributed by atoms with Crippen LogP contribution in [0.3, 0.4) is 0 Å². The molecule has 0 spiro atoms. The molecule has 7 heteroatoms. The van der Waals surface area contributed by atoms with E-state index in [4.69, 9.17) is 9.15 Å². The molecule has 2 rings (SSSR count). The van der Waals surface area contributed by atoms with Crippen LogP contribution in [-0.2, 0) is 11.3 Å². The van der Waals surface area contributed by atoms with Crippen LogP contribution in [0.2, 0.25) is 0 Å². The smallest absolute Gasteiger partial charge is 0.315 e. The Hall–Kier alpha value is -2.96. The SMILES string of the molecule is Cc1ccccc1OC[C@@H](C)NC(=O)N[C@H](C)C(=O)NCc1ccco1. The number of ether oxygens (including phenoxy) is 1. The Morgan fingerprint density at radius 1 is 1.12 bits per heavy atom. The predicted molar refractivity (Wildman–Crippen MR) is 97.8 cm³/mol. The lowest BCUT2D eigenvalue weighted by Crippen LogP contribution is -2.51. The zero-order valence-corrected chi connectivity index (χ0v) is 15.2. The molecule has 3 N–H and O–H groups in total. The molecule has 1 aromatic carbocycles. The topological polar surface area (TPSA) is 92.6 Å². The number of carbonyl (C=O) groups is 2. The average Bonchev–Trinajstić information content (AvgIpc) is 3.12. The van der Waals surface area contributed by atoms with Gasteiger partial charge in [-0.2, -0.15) is 0 Å². The normalized spacial score (nSPS) is 12.7. The first-order valence-corrected chi connectivity index (χ1v) is 8.51. The second kappa shape index (κ2) is 9.50. The number of hydrogen-bond acceptors (Lipinski definition) is 4. The first-order chi connectivity index (χ1) is 12.5. The van der Waals surface area contributed by atoms with Gasteiger partial charge in [-0.25, -0.2) is 4.79 Å². The van der Waals surface area contributed by atoms with E-state index >= 15 is 0 Å². The summed E-state index contributed by atoms with van der Waals surface area (Å²) in [7, 11) is 0. The fraction of sp³-hybridized carbons (Fsp3) is 0.368. The van der Waals surface area contributed by atoms with E-state index in [1.54, 1.807) is 19.1 Å². The maximum Gasteiger partial charge on any atom is 0.315 e. The molecule has 0 bridgehead atoms. The van der Waals surface area contributed by atoms with Gasteiger partial charge in [0.1, 0.15) is 24.2 Å². The van der Waals surface area contributed by atoms with Crippen LogP contribution in [0.25, 0.3) is 0 Å². The predicted octanol–water partition coefficient (Wildman–Crippen LogP) is 2.36. The average molecular weight is 359 g/mol. The number of benzene rings is 1. The Labute approximate surface area is 153 Å². The summed E-state index contributed by atoms with van der Waals surface area (Å²) in [6.07, 6.45) is 1.54. The van der Waals surface area contributed by atoms with E-state index in [1.165, 1.54) is 6.26 Å². The van der Waals surface area contributed by atoms with Crippen LogP contribution in [0.15, 0.2) is 47.1 Å². The number of carbonyl (C=O) groups excluding carboxylic acids is 2. The van der Waals surface area contributed by atoms with Gasteiger partial charge in [0.15, 0.2) is 0 Å². The van der Waals surface area contributed by atoms with Crippen LogP contribution in [0.5, 0.6) is 5.75 Å². The molecular formula is C19H25N3O4. The number of rotatable bonds is 8. The summed E-state index contributed by atoms with van der Waals surface area (Å²) in [5, 5.41) is 8.05. The molecule has 3 amide bonds. The summed E-state index contributed by atoms with van der Waals surface area (Å²) in [6, 6.07) is 9.88. The lowest BCUT2D eigenvalue weighted by atomic mass is 10.2. The molecule has 0 saturated carbocycles. The molecule has 140 valence electrons. The largest absolute Gasteiger partial charge is 0.491 e. The summed E-state index contributed by atoms with van der Waals surface area (Å²) in [6.45, 7) is 6.02. The number of nitrogens with one attached hydrogen (secondary N) is 3. The number of urea groups is 1. The fourth-order valence-corrected chi connectivity index (χ4v) is 2.24. The van der Waals surface area contributed by atoms with Crippen molar-refractivity contribution in [2.45, 2.75) is 39.4 Å². The van der Waals surface area contributed by atoms with Crippen LogP contribution in [0, 0.1) is 6.92 Å². The molecule has 0 radical (unpaired) electrons. The van der Waals surface area contributed by atoms with Crippen molar-refractivity contribution in [1.82, 2.24) is 16.0 Å². The summed E-state index contributed by atoms with van der Waals surface area (Å²) >= 11 is 0. The maximum absolute atomic E-state index is 12.0. The molecular weight excluding hydrogens is 334 g/mol. The molecule has 0 aliphatic carbocycles. The highest BCUT2D eigenvalue weighted by Gasteiger charge is 2.17. The highest BCUT2D eigenvalue weighted by Crippen LogP contribution is 2.16.